The zero-order valence-corrected chi connectivity index (χ0v) is 44.0. The Hall–Kier alpha value is -1.84. The first kappa shape index (κ1) is 65.3. The molecule has 2 aliphatic rings. The van der Waals surface area contributed by atoms with E-state index in [1.54, 1.807) is 6.08 Å². The number of rotatable bonds is 43. The van der Waals surface area contributed by atoms with Crippen molar-refractivity contribution in [3.05, 3.63) is 12.2 Å². The highest BCUT2D eigenvalue weighted by Crippen LogP contribution is 2.27. The minimum absolute atomic E-state index is 0.0608. The van der Waals surface area contributed by atoms with E-state index >= 15 is 0 Å². The third-order valence-electron chi connectivity index (χ3n) is 14.1. The van der Waals surface area contributed by atoms with Gasteiger partial charge in [0.05, 0.1) is 32.0 Å². The summed E-state index contributed by atoms with van der Waals surface area (Å²) < 4.78 is 22.9. The van der Waals surface area contributed by atoms with Gasteiger partial charge >= 0.3 is 0 Å². The number of ether oxygens (including phenoxy) is 4. The molecule has 2 fully saturated rings. The van der Waals surface area contributed by atoms with Gasteiger partial charge in [0, 0.05) is 6.92 Å². The molecule has 71 heavy (non-hydrogen) atoms. The number of aliphatic hydroxyl groups excluding tert-OH is 9. The fourth-order valence-corrected chi connectivity index (χ4v) is 9.40. The maximum Gasteiger partial charge on any atom is 0.249 e. The molecule has 0 aromatic heterocycles. The molecule has 418 valence electrons. The van der Waals surface area contributed by atoms with Gasteiger partial charge in [-0.2, -0.15) is 0 Å². The second-order valence-electron chi connectivity index (χ2n) is 20.4. The molecule has 2 amide bonds. The molecule has 0 aromatic rings. The second kappa shape index (κ2) is 40.5. The molecule has 0 bridgehead atoms. The summed E-state index contributed by atoms with van der Waals surface area (Å²) in [5.74, 6) is -1.36. The largest absolute Gasteiger partial charge is 0.394 e. The molecule has 0 aliphatic carbocycles. The Kier molecular flexibility index (Phi) is 37.2. The minimum atomic E-state index is -1.84. The van der Waals surface area contributed by atoms with E-state index in [4.69, 9.17) is 18.9 Å². The first-order chi connectivity index (χ1) is 34.3. The molecule has 11 N–H and O–H groups in total. The molecule has 14 atom stereocenters. The number of carbonyl (C=O) groups is 2. The van der Waals surface area contributed by atoms with Crippen molar-refractivity contribution >= 4 is 11.8 Å². The highest BCUT2D eigenvalue weighted by molar-refractivity contribution is 5.80. The second-order valence-corrected chi connectivity index (χ2v) is 20.4. The molecule has 0 radical (unpaired) electrons. The third-order valence-corrected chi connectivity index (χ3v) is 14.1. The van der Waals surface area contributed by atoms with Gasteiger partial charge in [0.15, 0.2) is 12.6 Å². The Bertz CT molecular complexity index is 1350. The Morgan fingerprint density at radius 1 is 0.563 bits per heavy atom. The van der Waals surface area contributed by atoms with Gasteiger partial charge in [0.25, 0.3) is 0 Å². The lowest BCUT2D eigenvalue weighted by Crippen LogP contribution is -2.65. The Morgan fingerprint density at radius 2 is 1.03 bits per heavy atom. The first-order valence-corrected chi connectivity index (χ1v) is 28.1. The van der Waals surface area contributed by atoms with Crippen molar-refractivity contribution in [2.24, 2.45) is 0 Å². The van der Waals surface area contributed by atoms with E-state index in [1.807, 2.05) is 6.08 Å². The molecule has 0 aromatic carbocycles. The van der Waals surface area contributed by atoms with Gasteiger partial charge in [-0.15, -0.1) is 0 Å². The predicted molar refractivity (Wildman–Crippen MR) is 273 cm³/mol. The number of unbranched alkanes of at least 4 members (excludes halogenated alkanes) is 26. The molecule has 0 spiro atoms. The van der Waals surface area contributed by atoms with Crippen LogP contribution in [0.1, 0.15) is 213 Å². The smallest absolute Gasteiger partial charge is 0.249 e. The number of nitrogens with one attached hydrogen (secondary N) is 2. The molecule has 2 heterocycles. The van der Waals surface area contributed by atoms with Crippen molar-refractivity contribution in [3.8, 4) is 0 Å². The standard InChI is InChI=1S/C54H102N2O15/c1-4-6-8-10-12-14-16-18-19-20-21-22-23-25-27-29-31-33-35-42(60)52(67)56-40(46(61)41(59)34-32-30-28-26-24-17-15-13-11-9-7-5-2)37-68-54-51(66)50(65)48(63)44(71-54)38-69-53-45(55-39(3)58)49(64)47(62)43(36-57)70-53/h30,32,40-51,53-54,57,59-66H,4-29,31,33-38H2,1-3H3,(H,55,58)(H,56,67)/b32-30+/t40-,41+,42+,43+,44+,45+,46-,47+,48+,49+,50-,51+,53+,54+/m0/s1. The van der Waals surface area contributed by atoms with Gasteiger partial charge in [-0.05, 0) is 25.7 Å². The number of amides is 2. The summed E-state index contributed by atoms with van der Waals surface area (Å²) in [4.78, 5) is 25.3. The lowest BCUT2D eigenvalue weighted by atomic mass is 9.96. The van der Waals surface area contributed by atoms with Crippen LogP contribution in [0.4, 0.5) is 0 Å². The van der Waals surface area contributed by atoms with Crippen LogP contribution in [0.2, 0.25) is 0 Å². The molecule has 0 saturated carbocycles. The summed E-state index contributed by atoms with van der Waals surface area (Å²) in [6.45, 7) is 3.82. The van der Waals surface area contributed by atoms with Crippen molar-refractivity contribution in [1.29, 1.82) is 0 Å². The summed E-state index contributed by atoms with van der Waals surface area (Å²) >= 11 is 0. The van der Waals surface area contributed by atoms with Crippen LogP contribution in [0, 0.1) is 0 Å². The zero-order valence-electron chi connectivity index (χ0n) is 44.0. The number of allylic oxidation sites excluding steroid dienone is 1. The molecule has 0 unspecified atom stereocenters. The summed E-state index contributed by atoms with van der Waals surface area (Å²) in [5, 5.41) is 102. The van der Waals surface area contributed by atoms with E-state index in [-0.39, 0.29) is 12.8 Å². The average molecular weight is 1020 g/mol. The highest BCUT2D eigenvalue weighted by Gasteiger charge is 2.48. The predicted octanol–water partition coefficient (Wildman–Crippen LogP) is 5.64. The average Bonchev–Trinajstić information content (AvgIpc) is 3.35. The van der Waals surface area contributed by atoms with Crippen LogP contribution in [0.3, 0.4) is 0 Å². The number of aliphatic hydroxyl groups is 9. The quantitative estimate of drug-likeness (QED) is 0.0261. The molecular weight excluding hydrogens is 917 g/mol. The van der Waals surface area contributed by atoms with E-state index in [2.05, 4.69) is 24.5 Å². The summed E-state index contributed by atoms with van der Waals surface area (Å²) in [6.07, 6.45) is 18.8. The van der Waals surface area contributed by atoms with E-state index < -0.39 is 117 Å². The SMILES string of the molecule is CCCCCCCCCCC/C=C/C[C@@H](O)[C@@H](O)[C@H](CO[C@@H]1O[C@H](CO[C@@H]2O[C@H](CO)[C@@H](O)[C@H](O)[C@H]2NC(C)=O)[C@@H](O)[C@H](O)[C@H]1O)NC(=O)[C@H](O)CCCCCCCCCCCCCCCCCCCC. The number of hydrogen-bond donors (Lipinski definition) is 11. The summed E-state index contributed by atoms with van der Waals surface area (Å²) in [7, 11) is 0. The lowest BCUT2D eigenvalue weighted by Gasteiger charge is -2.44. The van der Waals surface area contributed by atoms with Crippen molar-refractivity contribution in [2.45, 2.75) is 299 Å². The molecule has 2 rings (SSSR count). The van der Waals surface area contributed by atoms with E-state index in [9.17, 15) is 55.5 Å². The van der Waals surface area contributed by atoms with Crippen molar-refractivity contribution < 1.29 is 74.5 Å². The summed E-state index contributed by atoms with van der Waals surface area (Å²) in [6, 6.07) is -2.62. The van der Waals surface area contributed by atoms with Crippen LogP contribution in [-0.2, 0) is 28.5 Å². The molecule has 2 saturated heterocycles. The van der Waals surface area contributed by atoms with Crippen molar-refractivity contribution in [2.75, 3.05) is 19.8 Å². The minimum Gasteiger partial charge on any atom is -0.394 e. The van der Waals surface area contributed by atoms with Crippen LogP contribution in [0.5, 0.6) is 0 Å². The van der Waals surface area contributed by atoms with Crippen LogP contribution in [0.15, 0.2) is 12.2 Å². The van der Waals surface area contributed by atoms with Gasteiger partial charge in [0.1, 0.15) is 61.0 Å². The van der Waals surface area contributed by atoms with Crippen molar-refractivity contribution in [3.63, 3.8) is 0 Å². The van der Waals surface area contributed by atoms with Gasteiger partial charge in [-0.25, -0.2) is 0 Å². The molecule has 17 heteroatoms. The van der Waals surface area contributed by atoms with E-state index in [1.165, 1.54) is 135 Å². The van der Waals surface area contributed by atoms with Gasteiger partial charge in [-0.1, -0.05) is 193 Å². The fraction of sp³-hybridized carbons (Fsp3) is 0.926. The van der Waals surface area contributed by atoms with Crippen molar-refractivity contribution in [1.82, 2.24) is 10.6 Å². The lowest BCUT2D eigenvalue weighted by molar-refractivity contribution is -0.321. The Morgan fingerprint density at radius 3 is 1.52 bits per heavy atom. The van der Waals surface area contributed by atoms with Gasteiger partial charge in [0.2, 0.25) is 11.8 Å². The van der Waals surface area contributed by atoms with E-state index in [0.29, 0.717) is 6.42 Å². The maximum atomic E-state index is 13.4. The number of hydrogen-bond acceptors (Lipinski definition) is 15. The number of carbonyl (C=O) groups excluding carboxylic acids is 2. The maximum absolute atomic E-state index is 13.4. The fourth-order valence-electron chi connectivity index (χ4n) is 9.40. The zero-order chi connectivity index (χ0) is 52.2. The molecule has 17 nitrogen and oxygen atoms in total. The van der Waals surface area contributed by atoms with Gasteiger partial charge < -0.3 is 75.5 Å². The van der Waals surface area contributed by atoms with Gasteiger partial charge in [-0.3, -0.25) is 9.59 Å². The molecular formula is C54H102N2O15. The first-order valence-electron chi connectivity index (χ1n) is 28.1. The van der Waals surface area contributed by atoms with Crippen LogP contribution >= 0.6 is 0 Å². The monoisotopic (exact) mass is 1020 g/mol. The van der Waals surface area contributed by atoms with Crippen LogP contribution in [0.25, 0.3) is 0 Å². The molecule has 2 aliphatic heterocycles. The Labute approximate surface area is 426 Å². The Balaban J connectivity index is 1.93. The topological polar surface area (TPSA) is 277 Å². The van der Waals surface area contributed by atoms with Crippen LogP contribution < -0.4 is 10.6 Å². The van der Waals surface area contributed by atoms with E-state index in [0.717, 1.165) is 44.9 Å². The van der Waals surface area contributed by atoms with Crippen LogP contribution in [-0.4, -0.2) is 163 Å². The third kappa shape index (κ3) is 27.5. The highest BCUT2D eigenvalue weighted by atomic mass is 16.7. The normalized spacial score (nSPS) is 26.6. The summed E-state index contributed by atoms with van der Waals surface area (Å²) in [5.41, 5.74) is 0.